The predicted molar refractivity (Wildman–Crippen MR) is 71.9 cm³/mol. The molecular weight excluding hydrogens is 212 g/mol. The number of likely N-dealkylation sites (N-methyl/N-ethyl adjacent to an activating group) is 1. The predicted octanol–water partition coefficient (Wildman–Crippen LogP) is 3.18. The molecule has 0 radical (unpaired) electrons. The number of hydrogen-bond donors (Lipinski definition) is 1. The quantitative estimate of drug-likeness (QED) is 0.707. The summed E-state index contributed by atoms with van der Waals surface area (Å²) in [5.41, 5.74) is 6.21. The number of nitrogens with two attached hydrogens (primary N) is 1. The van der Waals surface area contributed by atoms with Crippen LogP contribution in [0.2, 0.25) is 0 Å². The molecule has 0 aliphatic carbocycles. The second kappa shape index (κ2) is 7.51. The first-order valence-electron chi connectivity index (χ1n) is 6.69. The van der Waals surface area contributed by atoms with Crippen molar-refractivity contribution >= 4 is 0 Å². The van der Waals surface area contributed by atoms with Gasteiger partial charge < -0.3 is 10.2 Å². The van der Waals surface area contributed by atoms with Crippen LogP contribution in [0, 0.1) is 0 Å². The Bertz CT molecular complexity index is 284. The first kappa shape index (κ1) is 14.3. The van der Waals surface area contributed by atoms with E-state index in [0.717, 1.165) is 18.7 Å². The van der Waals surface area contributed by atoms with E-state index in [9.17, 15) is 0 Å². The number of hydrogen-bond acceptors (Lipinski definition) is 3. The highest BCUT2D eigenvalue weighted by molar-refractivity contribution is 5.07. The molecule has 1 heterocycles. The molecule has 0 aliphatic rings. The second-order valence-corrected chi connectivity index (χ2v) is 4.72. The van der Waals surface area contributed by atoms with Crippen LogP contribution in [0.5, 0.6) is 0 Å². The first-order chi connectivity index (χ1) is 8.20. The molecular formula is C14H26N2O. The summed E-state index contributed by atoms with van der Waals surface area (Å²) in [7, 11) is 2.14. The van der Waals surface area contributed by atoms with Crippen LogP contribution in [0.25, 0.3) is 0 Å². The van der Waals surface area contributed by atoms with Gasteiger partial charge in [0.05, 0.1) is 12.3 Å². The van der Waals surface area contributed by atoms with Crippen LogP contribution in [0.1, 0.15) is 51.3 Å². The summed E-state index contributed by atoms with van der Waals surface area (Å²) in [6.07, 6.45) is 6.43. The Morgan fingerprint density at radius 2 is 2.12 bits per heavy atom. The molecule has 0 aromatic carbocycles. The highest BCUT2D eigenvalue weighted by atomic mass is 16.3. The van der Waals surface area contributed by atoms with E-state index in [4.69, 9.17) is 10.2 Å². The van der Waals surface area contributed by atoms with Gasteiger partial charge in [0.2, 0.25) is 0 Å². The van der Waals surface area contributed by atoms with Crippen LogP contribution in [-0.2, 0) is 0 Å². The van der Waals surface area contributed by atoms with Crippen LogP contribution >= 0.6 is 0 Å². The number of nitrogens with zero attached hydrogens (tertiary/aromatic N) is 1. The van der Waals surface area contributed by atoms with Crippen LogP contribution in [-0.4, -0.2) is 24.5 Å². The molecule has 0 fully saturated rings. The fourth-order valence-corrected chi connectivity index (χ4v) is 2.19. The molecule has 3 nitrogen and oxygen atoms in total. The standard InChI is InChI=1S/C14H26N2O/c1-4-6-7-10-16(3)14(12(15)5-2)13-9-8-11-17-13/h8-9,11-12,14H,4-7,10,15H2,1-3H3. The highest BCUT2D eigenvalue weighted by Gasteiger charge is 2.24. The van der Waals surface area contributed by atoms with Crippen LogP contribution in [0.3, 0.4) is 0 Å². The SMILES string of the molecule is CCCCCN(C)C(c1ccco1)C(N)CC. The van der Waals surface area contributed by atoms with Gasteiger partial charge in [0.25, 0.3) is 0 Å². The summed E-state index contributed by atoms with van der Waals surface area (Å²) >= 11 is 0. The van der Waals surface area contributed by atoms with Crippen molar-refractivity contribution in [2.75, 3.05) is 13.6 Å². The molecule has 0 bridgehead atoms. The maximum atomic E-state index is 6.21. The van der Waals surface area contributed by atoms with Gasteiger partial charge in [0.1, 0.15) is 5.76 Å². The lowest BCUT2D eigenvalue weighted by Gasteiger charge is -2.30. The van der Waals surface area contributed by atoms with E-state index >= 15 is 0 Å². The number of rotatable bonds is 8. The summed E-state index contributed by atoms with van der Waals surface area (Å²) in [6.45, 7) is 5.43. The largest absolute Gasteiger partial charge is 0.468 e. The summed E-state index contributed by atoms with van der Waals surface area (Å²) in [5, 5.41) is 0. The maximum Gasteiger partial charge on any atom is 0.122 e. The molecule has 2 N–H and O–H groups in total. The monoisotopic (exact) mass is 238 g/mol. The van der Waals surface area contributed by atoms with Crippen molar-refractivity contribution in [3.05, 3.63) is 24.2 Å². The van der Waals surface area contributed by atoms with Crippen molar-refractivity contribution in [1.29, 1.82) is 0 Å². The fourth-order valence-electron chi connectivity index (χ4n) is 2.19. The first-order valence-corrected chi connectivity index (χ1v) is 6.69. The lowest BCUT2D eigenvalue weighted by molar-refractivity contribution is 0.180. The van der Waals surface area contributed by atoms with E-state index in [1.165, 1.54) is 19.3 Å². The zero-order chi connectivity index (χ0) is 12.7. The third-order valence-electron chi connectivity index (χ3n) is 3.30. The molecule has 1 aromatic rings. The van der Waals surface area contributed by atoms with Gasteiger partial charge in [-0.05, 0) is 38.6 Å². The van der Waals surface area contributed by atoms with Crippen molar-refractivity contribution in [2.24, 2.45) is 5.73 Å². The van der Waals surface area contributed by atoms with E-state index in [2.05, 4.69) is 25.8 Å². The summed E-state index contributed by atoms with van der Waals surface area (Å²) in [4.78, 5) is 2.32. The van der Waals surface area contributed by atoms with Crippen LogP contribution in [0.15, 0.2) is 22.8 Å². The van der Waals surface area contributed by atoms with Gasteiger partial charge in [-0.1, -0.05) is 26.7 Å². The van der Waals surface area contributed by atoms with Crippen LogP contribution < -0.4 is 5.73 Å². The Morgan fingerprint density at radius 3 is 2.65 bits per heavy atom. The average Bonchev–Trinajstić information content (AvgIpc) is 2.83. The number of unbranched alkanes of at least 4 members (excludes halogenated alkanes) is 2. The van der Waals surface area contributed by atoms with Gasteiger partial charge in [0.15, 0.2) is 0 Å². The lowest BCUT2D eigenvalue weighted by Crippen LogP contribution is -2.39. The van der Waals surface area contributed by atoms with Gasteiger partial charge in [-0.15, -0.1) is 0 Å². The van der Waals surface area contributed by atoms with Gasteiger partial charge in [-0.2, -0.15) is 0 Å². The molecule has 0 spiro atoms. The second-order valence-electron chi connectivity index (χ2n) is 4.72. The minimum Gasteiger partial charge on any atom is -0.468 e. The van der Waals surface area contributed by atoms with E-state index < -0.39 is 0 Å². The van der Waals surface area contributed by atoms with E-state index in [1.807, 2.05) is 12.1 Å². The highest BCUT2D eigenvalue weighted by Crippen LogP contribution is 2.24. The van der Waals surface area contributed by atoms with Gasteiger partial charge in [-0.3, -0.25) is 4.90 Å². The van der Waals surface area contributed by atoms with Gasteiger partial charge in [0, 0.05) is 6.04 Å². The van der Waals surface area contributed by atoms with Crippen molar-refractivity contribution in [3.63, 3.8) is 0 Å². The van der Waals surface area contributed by atoms with Gasteiger partial charge in [-0.25, -0.2) is 0 Å². The zero-order valence-corrected chi connectivity index (χ0v) is 11.4. The summed E-state index contributed by atoms with van der Waals surface area (Å²) in [5.74, 6) is 0.985. The zero-order valence-electron chi connectivity index (χ0n) is 11.4. The molecule has 0 amide bonds. The minimum atomic E-state index is 0.132. The van der Waals surface area contributed by atoms with E-state index in [0.29, 0.717) is 0 Å². The van der Waals surface area contributed by atoms with Crippen molar-refractivity contribution in [2.45, 2.75) is 51.6 Å². The normalized spacial score (nSPS) is 15.1. The third-order valence-corrected chi connectivity index (χ3v) is 3.30. The molecule has 3 heteroatoms. The molecule has 2 atom stereocenters. The van der Waals surface area contributed by atoms with Crippen LogP contribution in [0.4, 0.5) is 0 Å². The molecule has 0 aliphatic heterocycles. The molecule has 1 rings (SSSR count). The third kappa shape index (κ3) is 4.17. The Morgan fingerprint density at radius 1 is 1.35 bits per heavy atom. The van der Waals surface area contributed by atoms with E-state index in [-0.39, 0.29) is 12.1 Å². The van der Waals surface area contributed by atoms with E-state index in [1.54, 1.807) is 6.26 Å². The molecule has 0 saturated heterocycles. The van der Waals surface area contributed by atoms with Crippen molar-refractivity contribution in [1.82, 2.24) is 4.90 Å². The fraction of sp³-hybridized carbons (Fsp3) is 0.714. The van der Waals surface area contributed by atoms with Crippen molar-refractivity contribution in [3.8, 4) is 0 Å². The Balaban J connectivity index is 2.63. The Hall–Kier alpha value is -0.800. The molecule has 2 unspecified atom stereocenters. The molecule has 98 valence electrons. The smallest absolute Gasteiger partial charge is 0.122 e. The maximum absolute atomic E-state index is 6.21. The Kier molecular flexibility index (Phi) is 6.30. The summed E-state index contributed by atoms with van der Waals surface area (Å²) in [6, 6.07) is 4.29. The topological polar surface area (TPSA) is 42.4 Å². The van der Waals surface area contributed by atoms with Gasteiger partial charge >= 0.3 is 0 Å². The Labute approximate surface area is 105 Å². The lowest BCUT2D eigenvalue weighted by atomic mass is 10.0. The molecule has 17 heavy (non-hydrogen) atoms. The molecule has 1 aromatic heterocycles. The number of furan rings is 1. The summed E-state index contributed by atoms with van der Waals surface area (Å²) < 4.78 is 5.52. The average molecular weight is 238 g/mol. The van der Waals surface area contributed by atoms with Crippen molar-refractivity contribution < 1.29 is 4.42 Å². The minimum absolute atomic E-state index is 0.132. The molecule has 0 saturated carbocycles.